The second-order valence-corrected chi connectivity index (χ2v) is 6.15. The van der Waals surface area contributed by atoms with Crippen LogP contribution < -0.4 is 4.72 Å². The van der Waals surface area contributed by atoms with E-state index in [0.29, 0.717) is 4.88 Å². The number of ether oxygens (including phenoxy) is 1. The van der Waals surface area contributed by atoms with Gasteiger partial charge in [0.2, 0.25) is 10.0 Å². The van der Waals surface area contributed by atoms with Crippen molar-refractivity contribution < 1.29 is 23.1 Å². The number of hydrogen-bond donors (Lipinski definition) is 2. The lowest BCUT2D eigenvalue weighted by atomic mass is 10.5. The number of thiophene rings is 1. The molecule has 0 aliphatic heterocycles. The average Bonchev–Trinajstić information content (AvgIpc) is 2.77. The summed E-state index contributed by atoms with van der Waals surface area (Å²) in [7, 11) is -3.66. The van der Waals surface area contributed by atoms with Crippen LogP contribution >= 0.6 is 11.3 Å². The van der Waals surface area contributed by atoms with Crippen molar-refractivity contribution in [3.05, 3.63) is 17.0 Å². The van der Waals surface area contributed by atoms with E-state index < -0.39 is 22.6 Å². The van der Waals surface area contributed by atoms with Gasteiger partial charge in [-0.05, 0) is 12.1 Å². The van der Waals surface area contributed by atoms with Gasteiger partial charge in [0.05, 0.1) is 6.61 Å². The Morgan fingerprint density at radius 3 is 2.83 bits per heavy atom. The van der Waals surface area contributed by atoms with Crippen molar-refractivity contribution >= 4 is 27.3 Å². The minimum atomic E-state index is -3.66. The van der Waals surface area contributed by atoms with Crippen LogP contribution in [0.25, 0.3) is 0 Å². The maximum Gasteiger partial charge on any atom is 0.329 e. The van der Waals surface area contributed by atoms with E-state index in [1.165, 1.54) is 12.1 Å². The summed E-state index contributed by atoms with van der Waals surface area (Å²) in [5.41, 5.74) is 0. The van der Waals surface area contributed by atoms with Crippen LogP contribution in [0.1, 0.15) is 4.88 Å². The van der Waals surface area contributed by atoms with Crippen molar-refractivity contribution in [2.45, 2.75) is 4.21 Å². The molecule has 0 amide bonds. The first-order valence-electron chi connectivity index (χ1n) is 4.75. The molecule has 1 aromatic rings. The molecule has 1 rings (SSSR count). The number of carbonyl (C=O) groups is 1. The summed E-state index contributed by atoms with van der Waals surface area (Å²) in [5, 5.41) is 16.9. The van der Waals surface area contributed by atoms with Gasteiger partial charge in [0.1, 0.15) is 21.8 Å². The van der Waals surface area contributed by atoms with E-state index >= 15 is 0 Å². The zero-order valence-corrected chi connectivity index (χ0v) is 10.8. The lowest BCUT2D eigenvalue weighted by Crippen LogP contribution is -2.27. The van der Waals surface area contributed by atoms with Crippen molar-refractivity contribution in [2.24, 2.45) is 0 Å². The normalized spacial score (nSPS) is 11.1. The Hall–Kier alpha value is -1.47. The first kappa shape index (κ1) is 14.6. The number of hydrogen-bond acceptors (Lipinski definition) is 6. The third-order valence-corrected chi connectivity index (χ3v) is 4.66. The minimum absolute atomic E-state index is 0.0323. The molecule has 0 unspecified atom stereocenters. The van der Waals surface area contributed by atoms with Crippen LogP contribution in [-0.2, 0) is 19.6 Å². The fraction of sp³-hybridized carbons (Fsp3) is 0.333. The molecular weight excluding hydrogens is 280 g/mol. The second kappa shape index (κ2) is 6.46. The number of nitriles is 1. The summed E-state index contributed by atoms with van der Waals surface area (Å²) in [5.74, 6) is -1.12. The highest BCUT2D eigenvalue weighted by atomic mass is 32.2. The quantitative estimate of drug-likeness (QED) is 0.683. The number of nitrogens with zero attached hydrogens (tertiary/aromatic N) is 1. The fourth-order valence-electron chi connectivity index (χ4n) is 1.00. The second-order valence-electron chi connectivity index (χ2n) is 3.07. The van der Waals surface area contributed by atoms with Gasteiger partial charge in [0.15, 0.2) is 0 Å². The summed E-state index contributed by atoms with van der Waals surface area (Å²) in [6.45, 7) is -0.545. The zero-order chi connectivity index (χ0) is 13.6. The van der Waals surface area contributed by atoms with E-state index in [9.17, 15) is 13.2 Å². The van der Waals surface area contributed by atoms with Crippen molar-refractivity contribution in [3.8, 4) is 6.07 Å². The topological polar surface area (TPSA) is 116 Å². The molecule has 1 aromatic heterocycles. The van der Waals surface area contributed by atoms with E-state index in [2.05, 4.69) is 9.46 Å². The van der Waals surface area contributed by atoms with Crippen molar-refractivity contribution in [3.63, 3.8) is 0 Å². The molecule has 9 heteroatoms. The molecule has 0 atom stereocenters. The van der Waals surface area contributed by atoms with Crippen molar-refractivity contribution in [1.29, 1.82) is 5.26 Å². The predicted octanol–water partition coefficient (Wildman–Crippen LogP) is -0.000720. The van der Waals surface area contributed by atoms with Crippen molar-refractivity contribution in [2.75, 3.05) is 19.8 Å². The van der Waals surface area contributed by atoms with Crippen LogP contribution in [0.15, 0.2) is 16.3 Å². The van der Waals surface area contributed by atoms with Crippen LogP contribution in [-0.4, -0.2) is 39.3 Å². The molecular formula is C9H10N2O5S2. The molecule has 7 nitrogen and oxygen atoms in total. The summed E-state index contributed by atoms with van der Waals surface area (Å²) in [4.78, 5) is 10.4. The number of rotatable bonds is 7. The monoisotopic (exact) mass is 290 g/mol. The summed E-state index contributed by atoms with van der Waals surface area (Å²) in [6, 6.07) is 4.60. The Labute approximate surface area is 108 Å². The molecule has 0 saturated heterocycles. The van der Waals surface area contributed by atoms with Crippen LogP contribution in [0.3, 0.4) is 0 Å². The third kappa shape index (κ3) is 4.42. The van der Waals surface area contributed by atoms with E-state index in [-0.39, 0.29) is 17.4 Å². The van der Waals surface area contributed by atoms with Gasteiger partial charge < -0.3 is 9.84 Å². The Balaban J connectivity index is 2.46. The maximum atomic E-state index is 11.7. The van der Waals surface area contributed by atoms with E-state index in [1.807, 2.05) is 6.07 Å². The average molecular weight is 290 g/mol. The van der Waals surface area contributed by atoms with Crippen LogP contribution in [0.5, 0.6) is 0 Å². The minimum Gasteiger partial charge on any atom is -0.480 e. The summed E-state index contributed by atoms with van der Waals surface area (Å²) in [6.07, 6.45) is 0. The smallest absolute Gasteiger partial charge is 0.329 e. The number of sulfonamides is 1. The molecule has 2 N–H and O–H groups in total. The lowest BCUT2D eigenvalue weighted by Gasteiger charge is -2.04. The summed E-state index contributed by atoms with van der Waals surface area (Å²) < 4.78 is 30.3. The van der Waals surface area contributed by atoms with Gasteiger partial charge >= 0.3 is 5.97 Å². The molecule has 0 fully saturated rings. The lowest BCUT2D eigenvalue weighted by molar-refractivity contribution is -0.142. The van der Waals surface area contributed by atoms with Gasteiger partial charge in [-0.2, -0.15) is 5.26 Å². The number of aliphatic carboxylic acids is 1. The Morgan fingerprint density at radius 2 is 2.28 bits per heavy atom. The first-order chi connectivity index (χ1) is 8.45. The van der Waals surface area contributed by atoms with Crippen molar-refractivity contribution in [1.82, 2.24) is 4.72 Å². The van der Waals surface area contributed by atoms with Crippen LogP contribution in [0.4, 0.5) is 0 Å². The van der Waals surface area contributed by atoms with Gasteiger partial charge in [-0.1, -0.05) is 0 Å². The Morgan fingerprint density at radius 1 is 1.56 bits per heavy atom. The highest BCUT2D eigenvalue weighted by molar-refractivity contribution is 7.91. The third-order valence-electron chi connectivity index (χ3n) is 1.72. The summed E-state index contributed by atoms with van der Waals surface area (Å²) >= 11 is 0.862. The number of nitrogens with one attached hydrogen (secondary N) is 1. The molecule has 1 heterocycles. The SMILES string of the molecule is N#Cc1ccc(S(=O)(=O)NCCOCC(=O)O)s1. The molecule has 0 aliphatic rings. The molecule has 18 heavy (non-hydrogen) atoms. The van der Waals surface area contributed by atoms with Gasteiger partial charge in [-0.3, -0.25) is 0 Å². The molecule has 0 aromatic carbocycles. The highest BCUT2D eigenvalue weighted by Gasteiger charge is 2.16. The highest BCUT2D eigenvalue weighted by Crippen LogP contribution is 2.20. The van der Waals surface area contributed by atoms with E-state index in [0.717, 1.165) is 11.3 Å². The number of carboxylic acids is 1. The predicted molar refractivity (Wildman–Crippen MR) is 62.7 cm³/mol. The standard InChI is InChI=1S/C9H10N2O5S2/c10-5-7-1-2-9(17-7)18(14,15)11-3-4-16-6-8(12)13/h1-2,11H,3-4,6H2,(H,12,13). The van der Waals surface area contributed by atoms with Gasteiger partial charge in [-0.15, -0.1) is 11.3 Å². The largest absolute Gasteiger partial charge is 0.480 e. The molecule has 0 spiro atoms. The Kier molecular flexibility index (Phi) is 5.24. The molecule has 0 radical (unpaired) electrons. The number of carboxylic acid groups (broad SMARTS) is 1. The first-order valence-corrected chi connectivity index (χ1v) is 7.05. The maximum absolute atomic E-state index is 11.7. The van der Waals surface area contributed by atoms with Crippen LogP contribution in [0, 0.1) is 11.3 Å². The molecule has 0 bridgehead atoms. The zero-order valence-electron chi connectivity index (χ0n) is 9.12. The van der Waals surface area contributed by atoms with Crippen LogP contribution in [0.2, 0.25) is 0 Å². The van der Waals surface area contributed by atoms with Gasteiger partial charge in [-0.25, -0.2) is 17.9 Å². The molecule has 0 saturated carbocycles. The van der Waals surface area contributed by atoms with E-state index in [4.69, 9.17) is 10.4 Å². The molecule has 98 valence electrons. The van der Waals surface area contributed by atoms with Gasteiger partial charge in [0, 0.05) is 6.54 Å². The fourth-order valence-corrected chi connectivity index (χ4v) is 3.16. The molecule has 0 aliphatic carbocycles. The van der Waals surface area contributed by atoms with E-state index in [1.54, 1.807) is 0 Å². The van der Waals surface area contributed by atoms with Gasteiger partial charge in [0.25, 0.3) is 0 Å². The Bertz CT molecular complexity index is 558.